The Labute approximate surface area is 105 Å². The van der Waals surface area contributed by atoms with Crippen LogP contribution in [0.3, 0.4) is 0 Å². The smallest absolute Gasteiger partial charge is 0.0588 e. The monoisotopic (exact) mass is 281 g/mol. The molecule has 86 valence electrons. The topological polar surface area (TPSA) is 21.3 Å². The third-order valence-electron chi connectivity index (χ3n) is 3.96. The summed E-state index contributed by atoms with van der Waals surface area (Å²) in [4.78, 5) is 0. The molecule has 0 saturated carbocycles. The molecule has 0 aliphatic carbocycles. The number of halogens is 1. The Hall–Kier alpha value is -0.380. The van der Waals surface area contributed by atoms with Crippen LogP contribution in [0.15, 0.2) is 28.7 Å². The Kier molecular flexibility index (Phi) is 2.78. The molecule has 2 heterocycles. The maximum absolute atomic E-state index is 5.50. The van der Waals surface area contributed by atoms with Crippen molar-refractivity contribution in [3.8, 4) is 0 Å². The van der Waals surface area contributed by atoms with Crippen LogP contribution >= 0.6 is 15.9 Å². The lowest BCUT2D eigenvalue weighted by Crippen LogP contribution is -2.53. The van der Waals surface area contributed by atoms with Crippen LogP contribution in [0.5, 0.6) is 0 Å². The Bertz CT molecular complexity index is 383. The zero-order chi connectivity index (χ0) is 11.0. The van der Waals surface area contributed by atoms with Crippen molar-refractivity contribution in [2.75, 3.05) is 26.3 Å². The quantitative estimate of drug-likeness (QED) is 0.899. The molecule has 2 aliphatic rings. The lowest BCUT2D eigenvalue weighted by atomic mass is 9.68. The summed E-state index contributed by atoms with van der Waals surface area (Å²) < 4.78 is 6.67. The van der Waals surface area contributed by atoms with Gasteiger partial charge < -0.3 is 10.1 Å². The van der Waals surface area contributed by atoms with Gasteiger partial charge in [-0.05, 0) is 43.1 Å². The molecule has 3 rings (SSSR count). The number of ether oxygens (including phenoxy) is 1. The lowest BCUT2D eigenvalue weighted by molar-refractivity contribution is -0.0869. The van der Waals surface area contributed by atoms with E-state index in [1.54, 1.807) is 0 Å². The molecule has 0 bridgehead atoms. The van der Waals surface area contributed by atoms with Crippen molar-refractivity contribution < 1.29 is 4.74 Å². The fraction of sp³-hybridized carbons (Fsp3) is 0.538. The third-order valence-corrected chi connectivity index (χ3v) is 4.45. The number of rotatable bonds is 2. The molecule has 1 aromatic rings. The molecule has 1 atom stereocenters. The molecule has 0 spiro atoms. The van der Waals surface area contributed by atoms with Crippen molar-refractivity contribution in [3.05, 3.63) is 34.3 Å². The summed E-state index contributed by atoms with van der Waals surface area (Å²) in [5, 5.41) is 3.46. The third kappa shape index (κ3) is 1.62. The van der Waals surface area contributed by atoms with Crippen LogP contribution in [-0.4, -0.2) is 26.3 Å². The number of hydrogen-bond donors (Lipinski definition) is 1. The average molecular weight is 282 g/mol. The molecule has 1 N–H and O–H groups in total. The first kappa shape index (κ1) is 10.8. The second kappa shape index (κ2) is 4.13. The molecule has 1 aromatic carbocycles. The summed E-state index contributed by atoms with van der Waals surface area (Å²) in [6, 6.07) is 8.71. The fourth-order valence-electron chi connectivity index (χ4n) is 2.88. The highest BCUT2D eigenvalue weighted by molar-refractivity contribution is 9.10. The minimum absolute atomic E-state index is 0.271. The molecular weight excluding hydrogens is 266 g/mol. The van der Waals surface area contributed by atoms with Crippen LogP contribution in [0.2, 0.25) is 0 Å². The van der Waals surface area contributed by atoms with Gasteiger partial charge in [-0.3, -0.25) is 0 Å². The molecule has 1 unspecified atom stereocenters. The zero-order valence-corrected chi connectivity index (χ0v) is 10.8. The molecule has 0 radical (unpaired) electrons. The fourth-order valence-corrected chi connectivity index (χ4v) is 3.28. The van der Waals surface area contributed by atoms with Gasteiger partial charge in [-0.25, -0.2) is 0 Å². The Morgan fingerprint density at radius 3 is 2.81 bits per heavy atom. The highest BCUT2D eigenvalue weighted by Gasteiger charge is 2.47. The van der Waals surface area contributed by atoms with Gasteiger partial charge in [-0.1, -0.05) is 28.1 Å². The maximum atomic E-state index is 5.50. The van der Waals surface area contributed by atoms with Crippen molar-refractivity contribution in [1.82, 2.24) is 5.32 Å². The van der Waals surface area contributed by atoms with E-state index in [9.17, 15) is 0 Å². The second-order valence-electron chi connectivity index (χ2n) is 4.85. The molecule has 2 nitrogen and oxygen atoms in total. The van der Waals surface area contributed by atoms with E-state index in [4.69, 9.17) is 4.74 Å². The van der Waals surface area contributed by atoms with E-state index in [0.717, 1.165) is 32.2 Å². The lowest BCUT2D eigenvalue weighted by Gasteiger charge is -2.46. The summed E-state index contributed by atoms with van der Waals surface area (Å²) in [5.41, 5.74) is 1.70. The van der Waals surface area contributed by atoms with Crippen LogP contribution < -0.4 is 5.32 Å². The minimum atomic E-state index is 0.271. The highest BCUT2D eigenvalue weighted by Crippen LogP contribution is 2.42. The molecule has 16 heavy (non-hydrogen) atoms. The SMILES string of the molecule is Brc1cccc(C2(C3CCNC3)COC2)c1. The van der Waals surface area contributed by atoms with Gasteiger partial charge in [0.15, 0.2) is 0 Å². The Balaban J connectivity index is 1.94. The van der Waals surface area contributed by atoms with Crippen molar-refractivity contribution in [1.29, 1.82) is 0 Å². The highest BCUT2D eigenvalue weighted by atomic mass is 79.9. The first-order valence-electron chi connectivity index (χ1n) is 5.86. The molecule has 2 aliphatic heterocycles. The first-order valence-corrected chi connectivity index (χ1v) is 6.65. The van der Waals surface area contributed by atoms with E-state index >= 15 is 0 Å². The summed E-state index contributed by atoms with van der Waals surface area (Å²) >= 11 is 3.56. The van der Waals surface area contributed by atoms with Crippen LogP contribution in [0.4, 0.5) is 0 Å². The minimum Gasteiger partial charge on any atom is -0.379 e. The van der Waals surface area contributed by atoms with E-state index in [1.165, 1.54) is 16.5 Å². The molecule has 0 aromatic heterocycles. The zero-order valence-electron chi connectivity index (χ0n) is 9.21. The van der Waals surface area contributed by atoms with Crippen LogP contribution in [0, 0.1) is 5.92 Å². The van der Waals surface area contributed by atoms with Crippen LogP contribution in [-0.2, 0) is 10.2 Å². The van der Waals surface area contributed by atoms with Crippen molar-refractivity contribution in [2.45, 2.75) is 11.8 Å². The number of benzene rings is 1. The predicted octanol–water partition coefficient (Wildman–Crippen LogP) is 2.33. The van der Waals surface area contributed by atoms with Gasteiger partial charge in [0, 0.05) is 9.89 Å². The van der Waals surface area contributed by atoms with Gasteiger partial charge >= 0.3 is 0 Å². The molecule has 2 fully saturated rings. The van der Waals surface area contributed by atoms with Gasteiger partial charge in [-0.2, -0.15) is 0 Å². The first-order chi connectivity index (χ1) is 7.81. The van der Waals surface area contributed by atoms with Crippen LogP contribution in [0.1, 0.15) is 12.0 Å². The van der Waals surface area contributed by atoms with Gasteiger partial charge in [0.25, 0.3) is 0 Å². The number of nitrogens with one attached hydrogen (secondary N) is 1. The Morgan fingerprint density at radius 2 is 2.25 bits per heavy atom. The van der Waals surface area contributed by atoms with Crippen LogP contribution in [0.25, 0.3) is 0 Å². The summed E-state index contributed by atoms with van der Waals surface area (Å²) in [5.74, 6) is 0.732. The van der Waals surface area contributed by atoms with Gasteiger partial charge in [0.1, 0.15) is 0 Å². The van der Waals surface area contributed by atoms with Gasteiger partial charge in [0.2, 0.25) is 0 Å². The Morgan fingerprint density at radius 1 is 1.38 bits per heavy atom. The van der Waals surface area contributed by atoms with E-state index in [0.29, 0.717) is 0 Å². The maximum Gasteiger partial charge on any atom is 0.0588 e. The predicted molar refractivity (Wildman–Crippen MR) is 67.6 cm³/mol. The summed E-state index contributed by atoms with van der Waals surface area (Å²) in [7, 11) is 0. The summed E-state index contributed by atoms with van der Waals surface area (Å²) in [6.45, 7) is 4.06. The van der Waals surface area contributed by atoms with Crippen molar-refractivity contribution >= 4 is 15.9 Å². The van der Waals surface area contributed by atoms with E-state index in [1.807, 2.05) is 0 Å². The standard InChI is InChI=1S/C13H16BrNO/c14-12-3-1-2-10(6-12)13(8-16-9-13)11-4-5-15-7-11/h1-3,6,11,15H,4-5,7-9H2. The van der Waals surface area contributed by atoms with E-state index in [-0.39, 0.29) is 5.41 Å². The average Bonchev–Trinajstić information content (AvgIpc) is 2.70. The molecule has 0 amide bonds. The van der Waals surface area contributed by atoms with Crippen molar-refractivity contribution in [3.63, 3.8) is 0 Å². The molecule has 2 saturated heterocycles. The number of hydrogen-bond acceptors (Lipinski definition) is 2. The second-order valence-corrected chi connectivity index (χ2v) is 5.76. The largest absolute Gasteiger partial charge is 0.379 e. The normalized spacial score (nSPS) is 27.7. The van der Waals surface area contributed by atoms with E-state index in [2.05, 4.69) is 45.5 Å². The van der Waals surface area contributed by atoms with Gasteiger partial charge in [-0.15, -0.1) is 0 Å². The van der Waals surface area contributed by atoms with Crippen molar-refractivity contribution in [2.24, 2.45) is 5.92 Å². The van der Waals surface area contributed by atoms with Gasteiger partial charge in [0.05, 0.1) is 13.2 Å². The molecular formula is C13H16BrNO. The summed E-state index contributed by atoms with van der Waals surface area (Å²) in [6.07, 6.45) is 1.27. The molecule has 3 heteroatoms. The van der Waals surface area contributed by atoms with E-state index < -0.39 is 0 Å².